The maximum Gasteiger partial charge on any atom is 0.171 e. The lowest BCUT2D eigenvalue weighted by molar-refractivity contribution is 0.102. The van der Waals surface area contributed by atoms with Crippen LogP contribution in [0.1, 0.15) is 46.2 Å². The fourth-order valence-electron chi connectivity index (χ4n) is 1.65. The average molecular weight is 211 g/mol. The van der Waals surface area contributed by atoms with E-state index < -0.39 is 0 Å². The van der Waals surface area contributed by atoms with Crippen molar-refractivity contribution in [2.24, 2.45) is 0 Å². The molecule has 1 aromatic rings. The van der Waals surface area contributed by atoms with Crippen LogP contribution >= 0.6 is 11.3 Å². The van der Waals surface area contributed by atoms with Crippen LogP contribution in [0, 0.1) is 6.92 Å². The molecule has 1 aliphatic heterocycles. The number of Topliss-reactive ketones (excluding diaryl/α,β-unsaturated/α-hetero) is 1. The van der Waals surface area contributed by atoms with E-state index in [1.54, 1.807) is 6.92 Å². The summed E-state index contributed by atoms with van der Waals surface area (Å²) in [7, 11) is 0. The predicted molar refractivity (Wildman–Crippen MR) is 54.8 cm³/mol. The minimum atomic E-state index is 0.101. The molecule has 14 heavy (non-hydrogen) atoms. The summed E-state index contributed by atoms with van der Waals surface area (Å²) in [5.41, 5.74) is 0.841. The van der Waals surface area contributed by atoms with Crippen molar-refractivity contribution in [2.45, 2.75) is 32.8 Å². The summed E-state index contributed by atoms with van der Waals surface area (Å²) in [6, 6.07) is 0. The van der Waals surface area contributed by atoms with Crippen LogP contribution in [-0.4, -0.2) is 17.4 Å². The summed E-state index contributed by atoms with van der Waals surface area (Å²) in [6.07, 6.45) is 2.26. The molecule has 1 saturated heterocycles. The van der Waals surface area contributed by atoms with Gasteiger partial charge in [-0.05, 0) is 19.8 Å². The van der Waals surface area contributed by atoms with Crippen LogP contribution in [0.5, 0.6) is 0 Å². The average Bonchev–Trinajstić information content (AvgIpc) is 2.70. The summed E-state index contributed by atoms with van der Waals surface area (Å²) in [4.78, 5) is 16.4. The van der Waals surface area contributed by atoms with Gasteiger partial charge in [0.15, 0.2) is 5.78 Å². The highest BCUT2D eigenvalue weighted by Crippen LogP contribution is 2.32. The quantitative estimate of drug-likeness (QED) is 0.705. The highest BCUT2D eigenvalue weighted by molar-refractivity contribution is 7.13. The third-order valence-electron chi connectivity index (χ3n) is 2.34. The van der Waals surface area contributed by atoms with E-state index in [2.05, 4.69) is 4.98 Å². The van der Waals surface area contributed by atoms with Gasteiger partial charge in [-0.15, -0.1) is 11.3 Å². The number of nitrogens with zero attached hydrogens (tertiary/aromatic N) is 1. The summed E-state index contributed by atoms with van der Waals surface area (Å²) in [5.74, 6) is 0.101. The Morgan fingerprint density at radius 2 is 2.43 bits per heavy atom. The third-order valence-corrected chi connectivity index (χ3v) is 3.69. The molecule has 4 heteroatoms. The van der Waals surface area contributed by atoms with Gasteiger partial charge in [-0.25, -0.2) is 4.98 Å². The summed E-state index contributed by atoms with van der Waals surface area (Å²) in [5, 5.41) is 0.963. The van der Waals surface area contributed by atoms with E-state index in [-0.39, 0.29) is 11.9 Å². The van der Waals surface area contributed by atoms with Gasteiger partial charge in [0.1, 0.15) is 11.1 Å². The molecule has 0 aromatic carbocycles. The summed E-state index contributed by atoms with van der Waals surface area (Å²) < 4.78 is 5.52. The maximum absolute atomic E-state index is 11.2. The van der Waals surface area contributed by atoms with Crippen molar-refractivity contribution in [3.05, 3.63) is 15.6 Å². The number of hydrogen-bond acceptors (Lipinski definition) is 4. The van der Waals surface area contributed by atoms with E-state index in [1.807, 2.05) is 6.92 Å². The zero-order valence-electron chi connectivity index (χ0n) is 8.37. The molecular formula is C10H13NO2S. The number of thiazole rings is 1. The van der Waals surface area contributed by atoms with Crippen molar-refractivity contribution in [3.63, 3.8) is 0 Å². The molecule has 2 heterocycles. The van der Waals surface area contributed by atoms with Crippen molar-refractivity contribution in [3.8, 4) is 0 Å². The van der Waals surface area contributed by atoms with Crippen LogP contribution in [0.25, 0.3) is 0 Å². The molecule has 1 fully saturated rings. The van der Waals surface area contributed by atoms with Gasteiger partial charge in [0.2, 0.25) is 0 Å². The molecule has 1 aliphatic rings. The molecule has 0 bridgehead atoms. The van der Waals surface area contributed by atoms with Gasteiger partial charge in [-0.3, -0.25) is 4.79 Å². The Balaban J connectivity index is 2.27. The Kier molecular flexibility index (Phi) is 2.65. The van der Waals surface area contributed by atoms with E-state index in [0.29, 0.717) is 0 Å². The second-order valence-electron chi connectivity index (χ2n) is 3.52. The summed E-state index contributed by atoms with van der Waals surface area (Å²) in [6.45, 7) is 4.28. The number of aryl methyl sites for hydroxylation is 1. The number of ketones is 1. The van der Waals surface area contributed by atoms with Gasteiger partial charge in [-0.1, -0.05) is 0 Å². The third kappa shape index (κ3) is 1.72. The van der Waals surface area contributed by atoms with Crippen LogP contribution in [0.15, 0.2) is 0 Å². The van der Waals surface area contributed by atoms with E-state index in [9.17, 15) is 4.79 Å². The Labute approximate surface area is 87.1 Å². The molecule has 1 atom stereocenters. The Morgan fingerprint density at radius 3 is 2.93 bits per heavy atom. The number of carbonyl (C=O) groups excluding carboxylic acids is 1. The largest absolute Gasteiger partial charge is 0.371 e. The topological polar surface area (TPSA) is 39.2 Å². The zero-order valence-corrected chi connectivity index (χ0v) is 9.19. The van der Waals surface area contributed by atoms with E-state index in [4.69, 9.17) is 4.74 Å². The SMILES string of the molecule is CC(=O)c1sc(C2CCCO2)nc1C. The molecule has 0 aliphatic carbocycles. The molecule has 76 valence electrons. The van der Waals surface area contributed by atoms with Gasteiger partial charge in [0, 0.05) is 13.5 Å². The van der Waals surface area contributed by atoms with Crippen molar-refractivity contribution in [1.29, 1.82) is 0 Å². The molecule has 3 nitrogen and oxygen atoms in total. The standard InChI is InChI=1S/C10H13NO2S/c1-6-9(7(2)12)14-10(11-6)8-4-3-5-13-8/h8H,3-5H2,1-2H3. The normalized spacial score (nSPS) is 21.4. The first-order chi connectivity index (χ1) is 6.68. The maximum atomic E-state index is 11.2. The molecule has 2 rings (SSSR count). The lowest BCUT2D eigenvalue weighted by Gasteiger charge is -2.02. The van der Waals surface area contributed by atoms with Gasteiger partial charge in [0.05, 0.1) is 10.6 Å². The van der Waals surface area contributed by atoms with Crippen molar-refractivity contribution >= 4 is 17.1 Å². The van der Waals surface area contributed by atoms with Crippen molar-refractivity contribution < 1.29 is 9.53 Å². The lowest BCUT2D eigenvalue weighted by Crippen LogP contribution is -1.94. The molecule has 1 unspecified atom stereocenters. The highest BCUT2D eigenvalue weighted by Gasteiger charge is 2.23. The van der Waals surface area contributed by atoms with Gasteiger partial charge >= 0.3 is 0 Å². The smallest absolute Gasteiger partial charge is 0.171 e. The summed E-state index contributed by atoms with van der Waals surface area (Å²) >= 11 is 1.48. The fraction of sp³-hybridized carbons (Fsp3) is 0.600. The number of ether oxygens (including phenoxy) is 1. The van der Waals surface area contributed by atoms with Crippen LogP contribution in [0.2, 0.25) is 0 Å². The number of rotatable bonds is 2. The molecule has 0 amide bonds. The second-order valence-corrected chi connectivity index (χ2v) is 4.56. The minimum absolute atomic E-state index is 0.101. The Hall–Kier alpha value is -0.740. The van der Waals surface area contributed by atoms with Gasteiger partial charge in [0.25, 0.3) is 0 Å². The van der Waals surface area contributed by atoms with Crippen LogP contribution < -0.4 is 0 Å². The molecule has 0 spiro atoms. The van der Waals surface area contributed by atoms with Gasteiger partial charge < -0.3 is 4.74 Å². The highest BCUT2D eigenvalue weighted by atomic mass is 32.1. The van der Waals surface area contributed by atoms with E-state index in [1.165, 1.54) is 11.3 Å². The van der Waals surface area contributed by atoms with Gasteiger partial charge in [-0.2, -0.15) is 0 Å². The van der Waals surface area contributed by atoms with E-state index >= 15 is 0 Å². The van der Waals surface area contributed by atoms with Crippen molar-refractivity contribution in [2.75, 3.05) is 6.61 Å². The molecule has 0 saturated carbocycles. The minimum Gasteiger partial charge on any atom is -0.371 e. The Bertz CT molecular complexity index is 353. The van der Waals surface area contributed by atoms with Crippen LogP contribution in [0.4, 0.5) is 0 Å². The Morgan fingerprint density at radius 1 is 1.64 bits per heavy atom. The monoisotopic (exact) mass is 211 g/mol. The first-order valence-corrected chi connectivity index (χ1v) is 5.60. The first-order valence-electron chi connectivity index (χ1n) is 4.78. The van der Waals surface area contributed by atoms with Crippen molar-refractivity contribution in [1.82, 2.24) is 4.98 Å². The number of carbonyl (C=O) groups is 1. The lowest BCUT2D eigenvalue weighted by atomic mass is 10.2. The first kappa shape index (κ1) is 9.80. The molecule has 0 radical (unpaired) electrons. The molecule has 0 N–H and O–H groups in total. The second kappa shape index (κ2) is 3.79. The fourth-order valence-corrected chi connectivity index (χ4v) is 2.70. The predicted octanol–water partition coefficient (Wildman–Crippen LogP) is 2.51. The van der Waals surface area contributed by atoms with Crippen LogP contribution in [0.3, 0.4) is 0 Å². The zero-order chi connectivity index (χ0) is 10.1. The molecular weight excluding hydrogens is 198 g/mol. The molecule has 1 aromatic heterocycles. The number of hydrogen-bond donors (Lipinski definition) is 0. The number of aromatic nitrogens is 1. The van der Waals surface area contributed by atoms with E-state index in [0.717, 1.165) is 35.0 Å². The van der Waals surface area contributed by atoms with Crippen LogP contribution in [-0.2, 0) is 4.74 Å².